The highest BCUT2D eigenvalue weighted by Gasteiger charge is 2.08. The number of hydrogen-bond acceptors (Lipinski definition) is 4. The summed E-state index contributed by atoms with van der Waals surface area (Å²) in [4.78, 5) is 6.85. The number of methoxy groups -OCH3 is 1. The van der Waals surface area contributed by atoms with Crippen molar-refractivity contribution in [1.82, 2.24) is 25.0 Å². The third-order valence-corrected chi connectivity index (χ3v) is 3.91. The van der Waals surface area contributed by atoms with E-state index < -0.39 is 0 Å². The van der Waals surface area contributed by atoms with Gasteiger partial charge in [-0.2, -0.15) is 0 Å². The molecule has 136 valence electrons. The lowest BCUT2D eigenvalue weighted by Crippen LogP contribution is -2.41. The molecule has 0 amide bonds. The molecular weight excluding hydrogens is 304 g/mol. The van der Waals surface area contributed by atoms with E-state index in [0.29, 0.717) is 13.2 Å². The number of aliphatic imine (C=N–C) groups is 1. The number of ether oxygens (including phenoxy) is 1. The summed E-state index contributed by atoms with van der Waals surface area (Å²) >= 11 is 0. The SMILES string of the molecule is C=CCCCCCN(C)C(=NCc1nnc(C)n1C)NCCOC. The Morgan fingerprint density at radius 1 is 1.38 bits per heavy atom. The Balaban J connectivity index is 2.58. The van der Waals surface area contributed by atoms with Crippen molar-refractivity contribution < 1.29 is 4.74 Å². The first kappa shape index (κ1) is 20.2. The summed E-state index contributed by atoms with van der Waals surface area (Å²) in [6.07, 6.45) is 6.59. The van der Waals surface area contributed by atoms with Gasteiger partial charge < -0.3 is 19.5 Å². The first-order valence-electron chi connectivity index (χ1n) is 8.54. The van der Waals surface area contributed by atoms with Gasteiger partial charge in [-0.1, -0.05) is 12.5 Å². The molecule has 0 radical (unpaired) electrons. The van der Waals surface area contributed by atoms with E-state index in [0.717, 1.165) is 43.5 Å². The second-order valence-electron chi connectivity index (χ2n) is 5.84. The number of aryl methyl sites for hydroxylation is 1. The quantitative estimate of drug-likeness (QED) is 0.289. The molecule has 0 aromatic carbocycles. The zero-order chi connectivity index (χ0) is 17.8. The van der Waals surface area contributed by atoms with Crippen LogP contribution in [-0.2, 0) is 18.3 Å². The van der Waals surface area contributed by atoms with E-state index >= 15 is 0 Å². The molecule has 1 aromatic rings. The van der Waals surface area contributed by atoms with Crippen LogP contribution < -0.4 is 5.32 Å². The third-order valence-electron chi connectivity index (χ3n) is 3.91. The maximum atomic E-state index is 5.11. The van der Waals surface area contributed by atoms with Crippen LogP contribution in [0.1, 0.15) is 37.3 Å². The molecule has 1 heterocycles. The molecule has 0 spiro atoms. The molecule has 1 aromatic heterocycles. The second-order valence-corrected chi connectivity index (χ2v) is 5.84. The van der Waals surface area contributed by atoms with E-state index in [1.165, 1.54) is 12.8 Å². The molecule has 0 saturated carbocycles. The number of nitrogens with zero attached hydrogens (tertiary/aromatic N) is 5. The Bertz CT molecular complexity index is 511. The van der Waals surface area contributed by atoms with Gasteiger partial charge in [0.05, 0.1) is 6.61 Å². The van der Waals surface area contributed by atoms with Crippen molar-refractivity contribution in [3.05, 3.63) is 24.3 Å². The number of allylic oxidation sites excluding steroid dienone is 1. The number of hydrogen-bond donors (Lipinski definition) is 1. The molecule has 0 unspecified atom stereocenters. The normalized spacial score (nSPS) is 11.6. The van der Waals surface area contributed by atoms with E-state index in [1.807, 2.05) is 24.6 Å². The Labute approximate surface area is 145 Å². The van der Waals surface area contributed by atoms with E-state index in [1.54, 1.807) is 7.11 Å². The molecule has 7 heteroatoms. The van der Waals surface area contributed by atoms with Crippen LogP contribution in [0.2, 0.25) is 0 Å². The smallest absolute Gasteiger partial charge is 0.194 e. The van der Waals surface area contributed by atoms with Gasteiger partial charge in [0, 0.05) is 34.3 Å². The standard InChI is InChI=1S/C17H32N6O/c1-6-7-8-9-10-12-22(3)17(18-11-13-24-5)19-14-16-21-20-15(2)23(16)4/h6H,1,7-14H2,2-5H3,(H,18,19). The minimum atomic E-state index is 0.507. The lowest BCUT2D eigenvalue weighted by atomic mass is 10.2. The summed E-state index contributed by atoms with van der Waals surface area (Å²) in [6.45, 7) is 8.55. The fourth-order valence-electron chi connectivity index (χ4n) is 2.23. The maximum absolute atomic E-state index is 5.11. The maximum Gasteiger partial charge on any atom is 0.194 e. The molecule has 0 aliphatic carbocycles. The third kappa shape index (κ3) is 7.12. The zero-order valence-corrected chi connectivity index (χ0v) is 15.6. The molecule has 1 N–H and O–H groups in total. The number of nitrogens with one attached hydrogen (secondary N) is 1. The zero-order valence-electron chi connectivity index (χ0n) is 15.6. The number of unbranched alkanes of at least 4 members (excludes halogenated alkanes) is 3. The Morgan fingerprint density at radius 3 is 2.79 bits per heavy atom. The van der Waals surface area contributed by atoms with Gasteiger partial charge in [-0.3, -0.25) is 0 Å². The highest BCUT2D eigenvalue weighted by atomic mass is 16.5. The minimum Gasteiger partial charge on any atom is -0.383 e. The van der Waals surface area contributed by atoms with Crippen molar-refractivity contribution in [3.8, 4) is 0 Å². The van der Waals surface area contributed by atoms with E-state index in [4.69, 9.17) is 9.73 Å². The van der Waals surface area contributed by atoms with Gasteiger partial charge in [0.2, 0.25) is 0 Å². The molecule has 0 atom stereocenters. The van der Waals surface area contributed by atoms with Crippen LogP contribution in [-0.4, -0.2) is 59.5 Å². The van der Waals surface area contributed by atoms with E-state index in [-0.39, 0.29) is 0 Å². The van der Waals surface area contributed by atoms with Gasteiger partial charge in [-0.05, 0) is 26.2 Å². The van der Waals surface area contributed by atoms with Crippen molar-refractivity contribution in [1.29, 1.82) is 0 Å². The Hall–Kier alpha value is -1.89. The highest BCUT2D eigenvalue weighted by Crippen LogP contribution is 2.03. The molecule has 1 rings (SSSR count). The second kappa shape index (κ2) is 11.6. The van der Waals surface area contributed by atoms with E-state index in [9.17, 15) is 0 Å². The van der Waals surface area contributed by atoms with Gasteiger partial charge >= 0.3 is 0 Å². The van der Waals surface area contributed by atoms with Crippen LogP contribution in [0.5, 0.6) is 0 Å². The molecule has 24 heavy (non-hydrogen) atoms. The van der Waals surface area contributed by atoms with Crippen molar-refractivity contribution in [3.63, 3.8) is 0 Å². The summed E-state index contributed by atoms with van der Waals surface area (Å²) in [7, 11) is 5.72. The first-order chi connectivity index (χ1) is 11.6. The summed E-state index contributed by atoms with van der Waals surface area (Å²) in [5, 5.41) is 11.6. The van der Waals surface area contributed by atoms with Crippen molar-refractivity contribution in [2.24, 2.45) is 12.0 Å². The Kier molecular flexibility index (Phi) is 9.76. The van der Waals surface area contributed by atoms with E-state index in [2.05, 4.69) is 34.0 Å². The molecule has 7 nitrogen and oxygen atoms in total. The number of aromatic nitrogens is 3. The lowest BCUT2D eigenvalue weighted by molar-refractivity contribution is 0.203. The van der Waals surface area contributed by atoms with Crippen LogP contribution >= 0.6 is 0 Å². The largest absolute Gasteiger partial charge is 0.383 e. The molecule has 0 saturated heterocycles. The molecule has 0 aliphatic rings. The average molecular weight is 336 g/mol. The van der Waals surface area contributed by atoms with Crippen LogP contribution in [0, 0.1) is 6.92 Å². The topological polar surface area (TPSA) is 67.6 Å². The van der Waals surface area contributed by atoms with Crippen molar-refractivity contribution >= 4 is 5.96 Å². The van der Waals surface area contributed by atoms with Crippen LogP contribution in [0.25, 0.3) is 0 Å². The number of rotatable bonds is 11. The monoisotopic (exact) mass is 336 g/mol. The molecule has 0 bridgehead atoms. The molecule has 0 fully saturated rings. The summed E-state index contributed by atoms with van der Waals surface area (Å²) in [5.74, 6) is 2.62. The fraction of sp³-hybridized carbons (Fsp3) is 0.706. The predicted molar refractivity (Wildman–Crippen MR) is 98.1 cm³/mol. The van der Waals surface area contributed by atoms with Crippen molar-refractivity contribution in [2.75, 3.05) is 33.9 Å². The van der Waals surface area contributed by atoms with Crippen LogP contribution in [0.3, 0.4) is 0 Å². The Morgan fingerprint density at radius 2 is 2.17 bits per heavy atom. The average Bonchev–Trinajstić information content (AvgIpc) is 2.89. The van der Waals surface area contributed by atoms with Crippen molar-refractivity contribution in [2.45, 2.75) is 39.2 Å². The summed E-state index contributed by atoms with van der Waals surface area (Å²) in [6, 6.07) is 0. The van der Waals surface area contributed by atoms with Gasteiger partial charge in [0.15, 0.2) is 11.8 Å². The predicted octanol–water partition coefficient (Wildman–Crippen LogP) is 1.89. The minimum absolute atomic E-state index is 0.507. The highest BCUT2D eigenvalue weighted by molar-refractivity contribution is 5.79. The van der Waals surface area contributed by atoms with Crippen LogP contribution in [0.4, 0.5) is 0 Å². The van der Waals surface area contributed by atoms with Crippen LogP contribution in [0.15, 0.2) is 17.6 Å². The van der Waals surface area contributed by atoms with Gasteiger partial charge in [0.1, 0.15) is 12.4 Å². The van der Waals surface area contributed by atoms with Gasteiger partial charge in [-0.25, -0.2) is 4.99 Å². The molecule has 0 aliphatic heterocycles. The lowest BCUT2D eigenvalue weighted by Gasteiger charge is -2.22. The van der Waals surface area contributed by atoms with Gasteiger partial charge in [-0.15, -0.1) is 16.8 Å². The first-order valence-corrected chi connectivity index (χ1v) is 8.54. The van der Waals surface area contributed by atoms with Gasteiger partial charge in [0.25, 0.3) is 0 Å². The molecular formula is C17H32N6O. The number of guanidine groups is 1. The summed E-state index contributed by atoms with van der Waals surface area (Å²) in [5.41, 5.74) is 0. The summed E-state index contributed by atoms with van der Waals surface area (Å²) < 4.78 is 7.07. The fourth-order valence-corrected chi connectivity index (χ4v) is 2.23.